The number of H-pyrrole nitrogens is 1. The molecular formula is C9H12ClN7. The molecule has 8 heteroatoms. The van der Waals surface area contributed by atoms with Gasteiger partial charge in [-0.1, -0.05) is 11.6 Å². The van der Waals surface area contributed by atoms with Crippen LogP contribution in [0.15, 0.2) is 18.5 Å². The van der Waals surface area contributed by atoms with Crippen molar-refractivity contribution in [3.8, 4) is 0 Å². The molecule has 0 saturated heterocycles. The highest BCUT2D eigenvalue weighted by molar-refractivity contribution is 6.30. The van der Waals surface area contributed by atoms with E-state index >= 15 is 0 Å². The molecule has 2 aromatic rings. The van der Waals surface area contributed by atoms with E-state index in [1.165, 1.54) is 6.20 Å². The first-order valence-electron chi connectivity index (χ1n) is 4.79. The highest BCUT2D eigenvalue weighted by Gasteiger charge is 2.20. The van der Waals surface area contributed by atoms with Crippen molar-refractivity contribution in [3.05, 3.63) is 34.6 Å². The summed E-state index contributed by atoms with van der Waals surface area (Å²) in [6.07, 6.45) is 3.03. The Morgan fingerprint density at radius 1 is 1.29 bits per heavy atom. The second-order valence-corrected chi connectivity index (χ2v) is 3.90. The van der Waals surface area contributed by atoms with Gasteiger partial charge in [-0.2, -0.15) is 5.10 Å². The molecule has 0 amide bonds. The van der Waals surface area contributed by atoms with Crippen LogP contribution in [-0.4, -0.2) is 15.2 Å². The lowest BCUT2D eigenvalue weighted by Gasteiger charge is -2.17. The summed E-state index contributed by atoms with van der Waals surface area (Å²) in [5.74, 6) is 6.25. The van der Waals surface area contributed by atoms with Crippen LogP contribution in [0.4, 0.5) is 11.6 Å². The number of nitrogens with zero attached hydrogens (tertiary/aromatic N) is 2. The van der Waals surface area contributed by atoms with Gasteiger partial charge in [-0.3, -0.25) is 10.9 Å². The molecule has 90 valence electrons. The van der Waals surface area contributed by atoms with Crippen molar-refractivity contribution < 1.29 is 0 Å². The van der Waals surface area contributed by atoms with Crippen LogP contribution in [0, 0.1) is 0 Å². The first kappa shape index (κ1) is 11.6. The number of hydrazine groups is 1. The molecule has 1 unspecified atom stereocenters. The number of nitrogen functional groups attached to an aromatic ring is 2. The lowest BCUT2D eigenvalue weighted by Crippen LogP contribution is -2.30. The predicted octanol–water partition coefficient (Wildman–Crippen LogP) is 0.175. The van der Waals surface area contributed by atoms with Crippen LogP contribution in [0.2, 0.25) is 5.02 Å². The summed E-state index contributed by atoms with van der Waals surface area (Å²) in [4.78, 5) is 3.97. The standard InChI is InChI=1S/C9H12ClN7/c10-4-1-5(8(11)14-2-4)7(16-13)6-3-15-17-9(6)12/h1-3,7,16H,13H2,(H2,11,14)(H3,12,15,17). The second-order valence-electron chi connectivity index (χ2n) is 3.47. The monoisotopic (exact) mass is 253 g/mol. The summed E-state index contributed by atoms with van der Waals surface area (Å²) in [5.41, 5.74) is 15.5. The molecule has 8 N–H and O–H groups in total. The Balaban J connectivity index is 2.49. The van der Waals surface area contributed by atoms with Gasteiger partial charge in [0.25, 0.3) is 0 Å². The van der Waals surface area contributed by atoms with Crippen molar-refractivity contribution in [1.29, 1.82) is 0 Å². The topological polar surface area (TPSA) is 132 Å². The van der Waals surface area contributed by atoms with Gasteiger partial charge < -0.3 is 11.5 Å². The van der Waals surface area contributed by atoms with E-state index in [0.29, 0.717) is 27.8 Å². The minimum atomic E-state index is -0.417. The van der Waals surface area contributed by atoms with Crippen LogP contribution in [0.25, 0.3) is 0 Å². The van der Waals surface area contributed by atoms with Crippen LogP contribution >= 0.6 is 11.6 Å². The van der Waals surface area contributed by atoms with Crippen LogP contribution in [-0.2, 0) is 0 Å². The van der Waals surface area contributed by atoms with E-state index in [9.17, 15) is 0 Å². The van der Waals surface area contributed by atoms with Gasteiger partial charge in [-0.25, -0.2) is 10.4 Å². The Morgan fingerprint density at radius 3 is 2.65 bits per heavy atom. The highest BCUT2D eigenvalue weighted by Crippen LogP contribution is 2.29. The second kappa shape index (κ2) is 4.58. The number of halogens is 1. The molecular weight excluding hydrogens is 242 g/mol. The van der Waals surface area contributed by atoms with Crippen LogP contribution in [0.5, 0.6) is 0 Å². The molecule has 0 bridgehead atoms. The Morgan fingerprint density at radius 2 is 2.06 bits per heavy atom. The molecule has 2 rings (SSSR count). The molecule has 0 spiro atoms. The van der Waals surface area contributed by atoms with Gasteiger partial charge in [-0.15, -0.1) is 0 Å². The number of hydrogen-bond acceptors (Lipinski definition) is 6. The highest BCUT2D eigenvalue weighted by atomic mass is 35.5. The molecule has 2 aromatic heterocycles. The Kier molecular flexibility index (Phi) is 3.14. The number of nitrogens with two attached hydrogens (primary N) is 3. The van der Waals surface area contributed by atoms with E-state index in [2.05, 4.69) is 20.6 Å². The summed E-state index contributed by atoms with van der Waals surface area (Å²) in [6.45, 7) is 0. The third kappa shape index (κ3) is 2.16. The number of anilines is 2. The molecule has 0 aliphatic heterocycles. The van der Waals surface area contributed by atoms with Crippen molar-refractivity contribution >= 4 is 23.2 Å². The van der Waals surface area contributed by atoms with Crippen molar-refractivity contribution in [1.82, 2.24) is 20.6 Å². The zero-order valence-corrected chi connectivity index (χ0v) is 9.57. The lowest BCUT2D eigenvalue weighted by atomic mass is 10.0. The maximum absolute atomic E-state index is 5.88. The van der Waals surface area contributed by atoms with E-state index in [4.69, 9.17) is 28.9 Å². The zero-order chi connectivity index (χ0) is 12.4. The van der Waals surface area contributed by atoms with Gasteiger partial charge in [0.05, 0.1) is 17.3 Å². The quantitative estimate of drug-likeness (QED) is 0.391. The molecule has 7 nitrogen and oxygen atoms in total. The van der Waals surface area contributed by atoms with Gasteiger partial charge in [0.2, 0.25) is 0 Å². The predicted molar refractivity (Wildman–Crippen MR) is 65.8 cm³/mol. The first-order valence-corrected chi connectivity index (χ1v) is 5.17. The molecule has 0 aliphatic carbocycles. The Labute approximate surface area is 102 Å². The summed E-state index contributed by atoms with van der Waals surface area (Å²) < 4.78 is 0. The molecule has 0 saturated carbocycles. The largest absolute Gasteiger partial charge is 0.384 e. The normalized spacial score (nSPS) is 12.6. The van der Waals surface area contributed by atoms with E-state index in [-0.39, 0.29) is 0 Å². The summed E-state index contributed by atoms with van der Waals surface area (Å²) in [5, 5.41) is 6.92. The van der Waals surface area contributed by atoms with Crippen molar-refractivity contribution in [2.45, 2.75) is 6.04 Å². The van der Waals surface area contributed by atoms with Crippen LogP contribution < -0.4 is 22.7 Å². The zero-order valence-electron chi connectivity index (χ0n) is 8.81. The molecule has 0 fully saturated rings. The average Bonchev–Trinajstić information content (AvgIpc) is 2.71. The average molecular weight is 254 g/mol. The maximum Gasteiger partial charge on any atom is 0.128 e. The van der Waals surface area contributed by atoms with Gasteiger partial charge in [-0.05, 0) is 6.07 Å². The smallest absolute Gasteiger partial charge is 0.128 e. The van der Waals surface area contributed by atoms with Crippen molar-refractivity contribution in [2.75, 3.05) is 11.5 Å². The Hall–Kier alpha value is -1.83. The fraction of sp³-hybridized carbons (Fsp3) is 0.111. The van der Waals surface area contributed by atoms with Crippen LogP contribution in [0.1, 0.15) is 17.2 Å². The SMILES string of the molecule is NNC(c1cc(Cl)cnc1N)c1cn[nH]c1N. The fourth-order valence-electron chi connectivity index (χ4n) is 1.58. The van der Waals surface area contributed by atoms with Gasteiger partial charge in [0.15, 0.2) is 0 Å². The summed E-state index contributed by atoms with van der Waals surface area (Å²) >= 11 is 5.88. The molecule has 0 aliphatic rings. The number of rotatable bonds is 3. The molecule has 2 heterocycles. The Bertz CT molecular complexity index is 524. The third-order valence-electron chi connectivity index (χ3n) is 2.40. The maximum atomic E-state index is 5.88. The van der Waals surface area contributed by atoms with Crippen molar-refractivity contribution in [3.63, 3.8) is 0 Å². The molecule has 0 radical (unpaired) electrons. The lowest BCUT2D eigenvalue weighted by molar-refractivity contribution is 0.638. The van der Waals surface area contributed by atoms with Crippen molar-refractivity contribution in [2.24, 2.45) is 5.84 Å². The molecule has 1 atom stereocenters. The van der Waals surface area contributed by atoms with Gasteiger partial charge >= 0.3 is 0 Å². The number of aromatic amines is 1. The minimum Gasteiger partial charge on any atom is -0.384 e. The number of aromatic nitrogens is 3. The third-order valence-corrected chi connectivity index (χ3v) is 2.61. The van der Waals surface area contributed by atoms with Gasteiger partial charge in [0, 0.05) is 17.3 Å². The van der Waals surface area contributed by atoms with E-state index < -0.39 is 6.04 Å². The summed E-state index contributed by atoms with van der Waals surface area (Å²) in [7, 11) is 0. The fourth-order valence-corrected chi connectivity index (χ4v) is 1.75. The van der Waals surface area contributed by atoms with E-state index in [0.717, 1.165) is 0 Å². The first-order chi connectivity index (χ1) is 8.13. The number of pyridine rings is 1. The number of hydrogen-bond donors (Lipinski definition) is 5. The minimum absolute atomic E-state index is 0.331. The van der Waals surface area contributed by atoms with E-state index in [1.54, 1.807) is 12.3 Å². The van der Waals surface area contributed by atoms with Gasteiger partial charge in [0.1, 0.15) is 11.6 Å². The number of nitrogens with one attached hydrogen (secondary N) is 2. The van der Waals surface area contributed by atoms with E-state index in [1.807, 2.05) is 0 Å². The van der Waals surface area contributed by atoms with Crippen LogP contribution in [0.3, 0.4) is 0 Å². The molecule has 17 heavy (non-hydrogen) atoms. The molecule has 0 aromatic carbocycles. The summed E-state index contributed by atoms with van der Waals surface area (Å²) in [6, 6.07) is 1.26.